The summed E-state index contributed by atoms with van der Waals surface area (Å²) in [6.07, 6.45) is 11.6. The maximum absolute atomic E-state index is 12.3. The van der Waals surface area contributed by atoms with Gasteiger partial charge in [-0.25, -0.2) is 14.8 Å². The lowest BCUT2D eigenvalue weighted by molar-refractivity contribution is -0.0359. The quantitative estimate of drug-likeness (QED) is 0.665. The van der Waals surface area contributed by atoms with Crippen molar-refractivity contribution in [3.8, 4) is 0 Å². The minimum atomic E-state index is -0.260. The molecule has 30 heavy (non-hydrogen) atoms. The number of benzene rings is 1. The van der Waals surface area contributed by atoms with E-state index >= 15 is 0 Å². The molecule has 0 aliphatic heterocycles. The van der Waals surface area contributed by atoms with Crippen LogP contribution in [0.5, 0.6) is 0 Å². The number of carbonyl (C=O) groups excluding carboxylic acids is 1. The average Bonchev–Trinajstić information content (AvgIpc) is 2.75. The first-order valence-electron chi connectivity index (χ1n) is 11.5. The highest BCUT2D eigenvalue weighted by molar-refractivity contribution is 5.90. The number of ether oxygens (including phenoxy) is 1. The SMILES string of the molecule is CCOC(=O)c1ccc(CC2C3CC4CC(C3)CC2C4)c(NCc2ccncn2)c1. The average molecular weight is 406 g/mol. The summed E-state index contributed by atoms with van der Waals surface area (Å²) in [6.45, 7) is 2.84. The number of aromatic nitrogens is 2. The molecule has 0 spiro atoms. The second-order valence-electron chi connectivity index (χ2n) is 9.45. The molecule has 0 atom stereocenters. The van der Waals surface area contributed by atoms with E-state index in [2.05, 4.69) is 21.4 Å². The van der Waals surface area contributed by atoms with Gasteiger partial charge in [0.05, 0.1) is 24.4 Å². The highest BCUT2D eigenvalue weighted by Gasteiger charge is 2.47. The fraction of sp³-hybridized carbons (Fsp3) is 0.560. The van der Waals surface area contributed by atoms with Crippen LogP contribution in [-0.4, -0.2) is 22.5 Å². The zero-order valence-corrected chi connectivity index (χ0v) is 17.7. The molecule has 1 aromatic carbocycles. The summed E-state index contributed by atoms with van der Waals surface area (Å²) < 4.78 is 5.23. The molecule has 0 amide bonds. The largest absolute Gasteiger partial charge is 0.462 e. The Bertz CT molecular complexity index is 871. The van der Waals surface area contributed by atoms with Gasteiger partial charge in [-0.05, 0) is 98.8 Å². The van der Waals surface area contributed by atoms with Crippen molar-refractivity contribution in [3.05, 3.63) is 53.6 Å². The van der Waals surface area contributed by atoms with E-state index in [1.54, 1.807) is 12.5 Å². The number of hydrogen-bond donors (Lipinski definition) is 1. The van der Waals surface area contributed by atoms with Gasteiger partial charge < -0.3 is 10.1 Å². The molecule has 0 saturated heterocycles. The van der Waals surface area contributed by atoms with Crippen molar-refractivity contribution in [1.82, 2.24) is 9.97 Å². The first-order valence-corrected chi connectivity index (χ1v) is 11.5. The van der Waals surface area contributed by atoms with Gasteiger partial charge in [0.1, 0.15) is 6.33 Å². The van der Waals surface area contributed by atoms with Gasteiger partial charge in [-0.1, -0.05) is 6.07 Å². The highest BCUT2D eigenvalue weighted by atomic mass is 16.5. The highest BCUT2D eigenvalue weighted by Crippen LogP contribution is 2.57. The standard InChI is InChI=1S/C25H31N3O2/c1-2-30-25(29)19-4-3-18(24(13-19)27-14-22-5-6-26-15-28-22)12-23-20-8-16-7-17(10-20)11-21(23)9-16/h3-6,13,15-17,20-21,23,27H,2,7-12,14H2,1H3. The van der Waals surface area contributed by atoms with E-state index in [1.807, 2.05) is 25.1 Å². The Balaban J connectivity index is 1.38. The minimum absolute atomic E-state index is 0.260. The van der Waals surface area contributed by atoms with Crippen LogP contribution in [0.15, 0.2) is 36.8 Å². The van der Waals surface area contributed by atoms with Crippen LogP contribution in [0, 0.1) is 29.6 Å². The Morgan fingerprint density at radius 1 is 1.10 bits per heavy atom. The number of esters is 1. The van der Waals surface area contributed by atoms with Crippen molar-refractivity contribution >= 4 is 11.7 Å². The van der Waals surface area contributed by atoms with Gasteiger partial charge in [0.2, 0.25) is 0 Å². The molecule has 4 aliphatic rings. The van der Waals surface area contributed by atoms with Crippen LogP contribution in [0.2, 0.25) is 0 Å². The third-order valence-electron chi connectivity index (χ3n) is 7.60. The molecule has 5 nitrogen and oxygen atoms in total. The van der Waals surface area contributed by atoms with Crippen LogP contribution in [0.1, 0.15) is 60.6 Å². The predicted octanol–water partition coefficient (Wildman–Crippen LogP) is 4.88. The number of nitrogens with zero attached hydrogens (tertiary/aromatic N) is 2. The van der Waals surface area contributed by atoms with Crippen molar-refractivity contribution in [3.63, 3.8) is 0 Å². The molecule has 4 bridgehead atoms. The van der Waals surface area contributed by atoms with E-state index in [0.717, 1.165) is 47.4 Å². The van der Waals surface area contributed by atoms with E-state index in [4.69, 9.17) is 4.74 Å². The summed E-state index contributed by atoms with van der Waals surface area (Å²) in [5.41, 5.74) is 3.89. The van der Waals surface area contributed by atoms with E-state index in [9.17, 15) is 4.79 Å². The lowest BCUT2D eigenvalue weighted by Crippen LogP contribution is -2.45. The van der Waals surface area contributed by atoms with Gasteiger partial charge >= 0.3 is 5.97 Å². The molecule has 158 valence electrons. The first kappa shape index (κ1) is 19.5. The summed E-state index contributed by atoms with van der Waals surface area (Å²) in [7, 11) is 0. The maximum Gasteiger partial charge on any atom is 0.338 e. The minimum Gasteiger partial charge on any atom is -0.462 e. The van der Waals surface area contributed by atoms with E-state index in [-0.39, 0.29) is 5.97 Å². The Kier molecular flexibility index (Phi) is 5.45. The van der Waals surface area contributed by atoms with Crippen molar-refractivity contribution in [2.24, 2.45) is 29.6 Å². The Morgan fingerprint density at radius 3 is 2.53 bits per heavy atom. The molecule has 4 fully saturated rings. The van der Waals surface area contributed by atoms with Crippen LogP contribution in [0.3, 0.4) is 0 Å². The Morgan fingerprint density at radius 2 is 1.87 bits per heavy atom. The van der Waals surface area contributed by atoms with E-state index in [0.29, 0.717) is 18.7 Å². The van der Waals surface area contributed by atoms with E-state index < -0.39 is 0 Å². The van der Waals surface area contributed by atoms with E-state index in [1.165, 1.54) is 37.7 Å². The molecule has 5 heteroatoms. The molecule has 0 unspecified atom stereocenters. The van der Waals surface area contributed by atoms with Crippen LogP contribution in [0.4, 0.5) is 5.69 Å². The topological polar surface area (TPSA) is 64.1 Å². The first-order chi connectivity index (χ1) is 14.7. The zero-order valence-electron chi connectivity index (χ0n) is 17.7. The van der Waals surface area contributed by atoms with Crippen molar-refractivity contribution in [1.29, 1.82) is 0 Å². The van der Waals surface area contributed by atoms with Gasteiger partial charge in [-0.3, -0.25) is 0 Å². The van der Waals surface area contributed by atoms with Gasteiger partial charge in [0.25, 0.3) is 0 Å². The van der Waals surface area contributed by atoms with Crippen molar-refractivity contribution in [2.45, 2.75) is 52.0 Å². The predicted molar refractivity (Wildman–Crippen MR) is 116 cm³/mol. The van der Waals surface area contributed by atoms with Gasteiger partial charge in [0.15, 0.2) is 0 Å². The molecule has 4 saturated carbocycles. The molecule has 2 aromatic rings. The maximum atomic E-state index is 12.3. The molecule has 0 radical (unpaired) electrons. The second kappa shape index (κ2) is 8.37. The summed E-state index contributed by atoms with van der Waals surface area (Å²) in [5, 5.41) is 3.54. The summed E-state index contributed by atoms with van der Waals surface area (Å²) in [4.78, 5) is 20.6. The normalized spacial score (nSPS) is 29.0. The number of nitrogens with one attached hydrogen (secondary N) is 1. The molecule has 6 rings (SSSR count). The number of carbonyl (C=O) groups is 1. The lowest BCUT2D eigenvalue weighted by atomic mass is 9.51. The van der Waals surface area contributed by atoms with Crippen LogP contribution in [-0.2, 0) is 17.7 Å². The lowest BCUT2D eigenvalue weighted by Gasteiger charge is -2.54. The molecule has 1 N–H and O–H groups in total. The fourth-order valence-corrected chi connectivity index (χ4v) is 6.49. The summed E-state index contributed by atoms with van der Waals surface area (Å²) in [5.74, 6) is 4.28. The number of rotatable bonds is 7. The van der Waals surface area contributed by atoms with Crippen molar-refractivity contribution in [2.75, 3.05) is 11.9 Å². The van der Waals surface area contributed by atoms with Crippen molar-refractivity contribution < 1.29 is 9.53 Å². The Hall–Kier alpha value is -2.43. The fourth-order valence-electron chi connectivity index (χ4n) is 6.49. The van der Waals surface area contributed by atoms with Crippen LogP contribution < -0.4 is 5.32 Å². The second-order valence-corrected chi connectivity index (χ2v) is 9.45. The monoisotopic (exact) mass is 405 g/mol. The molecular weight excluding hydrogens is 374 g/mol. The zero-order chi connectivity index (χ0) is 20.5. The molecule has 1 aromatic heterocycles. The van der Waals surface area contributed by atoms with Crippen LogP contribution >= 0.6 is 0 Å². The molecule has 1 heterocycles. The molecular formula is C25H31N3O2. The Labute approximate surface area is 178 Å². The van der Waals surface area contributed by atoms with Gasteiger partial charge in [-0.2, -0.15) is 0 Å². The number of hydrogen-bond acceptors (Lipinski definition) is 5. The third-order valence-corrected chi connectivity index (χ3v) is 7.60. The summed E-state index contributed by atoms with van der Waals surface area (Å²) >= 11 is 0. The van der Waals surface area contributed by atoms with Gasteiger partial charge in [-0.15, -0.1) is 0 Å². The van der Waals surface area contributed by atoms with Gasteiger partial charge in [0, 0.05) is 11.9 Å². The number of anilines is 1. The van der Waals surface area contributed by atoms with Crippen LogP contribution in [0.25, 0.3) is 0 Å². The smallest absolute Gasteiger partial charge is 0.338 e. The third kappa shape index (κ3) is 3.94. The summed E-state index contributed by atoms with van der Waals surface area (Å²) in [6, 6.07) is 7.95. The molecule has 4 aliphatic carbocycles.